The molecule has 0 atom stereocenters. The van der Waals surface area contributed by atoms with Gasteiger partial charge in [0, 0.05) is 24.4 Å². The summed E-state index contributed by atoms with van der Waals surface area (Å²) in [6.45, 7) is 5.30. The Morgan fingerprint density at radius 2 is 1.93 bits per heavy atom. The Morgan fingerprint density at radius 3 is 2.48 bits per heavy atom. The van der Waals surface area contributed by atoms with Gasteiger partial charge in [0.25, 0.3) is 0 Å². The molecule has 0 unspecified atom stereocenters. The molecular formula is C19H25N3O3S2. The van der Waals surface area contributed by atoms with Gasteiger partial charge in [-0.1, -0.05) is 26.0 Å². The summed E-state index contributed by atoms with van der Waals surface area (Å²) in [4.78, 5) is 16.8. The number of piperidine rings is 1. The van der Waals surface area contributed by atoms with Crippen molar-refractivity contribution >= 4 is 27.3 Å². The first-order chi connectivity index (χ1) is 12.9. The molecule has 1 fully saturated rings. The smallest absolute Gasteiger partial charge is 0.243 e. The molecule has 3 rings (SSSR count). The largest absolute Gasteiger partial charge is 0.350 e. The van der Waals surface area contributed by atoms with Crippen molar-refractivity contribution in [2.24, 2.45) is 5.92 Å². The Hall–Kier alpha value is -1.77. The van der Waals surface area contributed by atoms with Gasteiger partial charge in [-0.15, -0.1) is 11.3 Å². The van der Waals surface area contributed by atoms with E-state index in [2.05, 4.69) is 24.1 Å². The van der Waals surface area contributed by atoms with Gasteiger partial charge in [-0.25, -0.2) is 13.4 Å². The van der Waals surface area contributed by atoms with Crippen LogP contribution in [0.4, 0.5) is 0 Å². The maximum atomic E-state index is 12.8. The van der Waals surface area contributed by atoms with Crippen LogP contribution in [-0.4, -0.2) is 36.7 Å². The number of carbonyl (C=O) groups excluding carboxylic acids is 1. The minimum Gasteiger partial charge on any atom is -0.350 e. The van der Waals surface area contributed by atoms with Crippen LogP contribution in [-0.2, 0) is 21.4 Å². The molecule has 1 N–H and O–H groups in total. The van der Waals surface area contributed by atoms with Gasteiger partial charge in [0.2, 0.25) is 15.9 Å². The number of amides is 1. The number of nitrogens with zero attached hydrogens (tertiary/aromatic N) is 2. The van der Waals surface area contributed by atoms with E-state index in [1.165, 1.54) is 15.6 Å². The van der Waals surface area contributed by atoms with Gasteiger partial charge in [0.05, 0.1) is 22.6 Å². The van der Waals surface area contributed by atoms with Crippen LogP contribution < -0.4 is 5.32 Å². The minimum absolute atomic E-state index is 0.0265. The third-order valence-electron chi connectivity index (χ3n) is 4.94. The molecule has 0 saturated carbocycles. The van der Waals surface area contributed by atoms with Gasteiger partial charge >= 0.3 is 0 Å². The Labute approximate surface area is 164 Å². The topological polar surface area (TPSA) is 79.4 Å². The van der Waals surface area contributed by atoms with E-state index in [4.69, 9.17) is 0 Å². The van der Waals surface area contributed by atoms with Crippen molar-refractivity contribution < 1.29 is 13.2 Å². The molecule has 1 saturated heterocycles. The van der Waals surface area contributed by atoms with Crippen LogP contribution in [0.25, 0.3) is 0 Å². The molecule has 1 amide bonds. The van der Waals surface area contributed by atoms with E-state index in [-0.39, 0.29) is 11.8 Å². The van der Waals surface area contributed by atoms with E-state index in [0.29, 0.717) is 43.3 Å². The standard InChI is InChI=1S/C19H25N3O3S2/c1-14(2)15-3-5-18(6-4-15)27(24,25)22-9-7-16(8-10-22)19(23)20-11-17-12-26-13-21-17/h3-6,12-14,16H,7-11H2,1-2H3,(H,20,23). The molecule has 0 spiro atoms. The quantitative estimate of drug-likeness (QED) is 0.798. The molecule has 6 nitrogen and oxygen atoms in total. The number of sulfonamides is 1. The van der Waals surface area contributed by atoms with Gasteiger partial charge < -0.3 is 5.32 Å². The number of benzene rings is 1. The molecule has 1 aromatic heterocycles. The van der Waals surface area contributed by atoms with Crippen LogP contribution >= 0.6 is 11.3 Å². The van der Waals surface area contributed by atoms with Gasteiger partial charge in [-0.3, -0.25) is 4.79 Å². The second-order valence-corrected chi connectivity index (χ2v) is 9.76. The van der Waals surface area contributed by atoms with Crippen LogP contribution in [0.1, 0.15) is 43.9 Å². The number of thiazole rings is 1. The van der Waals surface area contributed by atoms with Crippen molar-refractivity contribution in [2.45, 2.75) is 44.0 Å². The van der Waals surface area contributed by atoms with E-state index in [1.807, 2.05) is 17.5 Å². The fourth-order valence-corrected chi connectivity index (χ4v) is 5.21. The summed E-state index contributed by atoms with van der Waals surface area (Å²) in [5.74, 6) is 0.181. The van der Waals surface area contributed by atoms with Crippen molar-refractivity contribution in [3.63, 3.8) is 0 Å². The molecule has 27 heavy (non-hydrogen) atoms. The number of aromatic nitrogens is 1. The maximum absolute atomic E-state index is 12.8. The highest BCUT2D eigenvalue weighted by Crippen LogP contribution is 2.25. The fraction of sp³-hybridized carbons (Fsp3) is 0.474. The zero-order valence-corrected chi connectivity index (χ0v) is 17.2. The Balaban J connectivity index is 1.56. The molecule has 1 aromatic carbocycles. The first-order valence-corrected chi connectivity index (χ1v) is 11.5. The van der Waals surface area contributed by atoms with E-state index in [0.717, 1.165) is 11.3 Å². The van der Waals surface area contributed by atoms with E-state index in [1.54, 1.807) is 17.6 Å². The Bertz CT molecular complexity index is 854. The first-order valence-electron chi connectivity index (χ1n) is 9.13. The lowest BCUT2D eigenvalue weighted by molar-refractivity contribution is -0.126. The third kappa shape index (κ3) is 4.75. The molecule has 0 bridgehead atoms. The number of carbonyl (C=O) groups is 1. The van der Waals surface area contributed by atoms with Crippen molar-refractivity contribution in [3.8, 4) is 0 Å². The minimum atomic E-state index is -3.51. The van der Waals surface area contributed by atoms with Crippen LogP contribution in [0.15, 0.2) is 40.1 Å². The zero-order valence-electron chi connectivity index (χ0n) is 15.6. The number of nitrogens with one attached hydrogen (secondary N) is 1. The van der Waals surface area contributed by atoms with Crippen LogP contribution in [0.3, 0.4) is 0 Å². The van der Waals surface area contributed by atoms with Crippen molar-refractivity contribution in [3.05, 3.63) is 46.4 Å². The highest BCUT2D eigenvalue weighted by molar-refractivity contribution is 7.89. The van der Waals surface area contributed by atoms with Crippen LogP contribution in [0, 0.1) is 5.92 Å². The summed E-state index contributed by atoms with van der Waals surface area (Å²) in [7, 11) is -3.51. The second-order valence-electron chi connectivity index (χ2n) is 7.10. The van der Waals surface area contributed by atoms with Gasteiger partial charge in [0.1, 0.15) is 0 Å². The predicted molar refractivity (Wildman–Crippen MR) is 106 cm³/mol. The highest BCUT2D eigenvalue weighted by Gasteiger charge is 2.32. The molecular weight excluding hydrogens is 382 g/mol. The monoisotopic (exact) mass is 407 g/mol. The van der Waals surface area contributed by atoms with E-state index in [9.17, 15) is 13.2 Å². The highest BCUT2D eigenvalue weighted by atomic mass is 32.2. The molecule has 1 aliphatic heterocycles. The first kappa shape index (κ1) is 20.0. The summed E-state index contributed by atoms with van der Waals surface area (Å²) in [6, 6.07) is 7.10. The second kappa shape index (κ2) is 8.50. The molecule has 0 aliphatic carbocycles. The normalized spacial score (nSPS) is 16.6. The fourth-order valence-electron chi connectivity index (χ4n) is 3.18. The SMILES string of the molecule is CC(C)c1ccc(S(=O)(=O)N2CCC(C(=O)NCc3cscn3)CC2)cc1. The average Bonchev–Trinajstić information content (AvgIpc) is 3.20. The molecule has 146 valence electrons. The molecule has 0 radical (unpaired) electrons. The van der Waals surface area contributed by atoms with Crippen LogP contribution in [0.2, 0.25) is 0 Å². The summed E-state index contributed by atoms with van der Waals surface area (Å²) in [6.07, 6.45) is 1.07. The van der Waals surface area contributed by atoms with Crippen molar-refractivity contribution in [1.82, 2.24) is 14.6 Å². The predicted octanol–water partition coefficient (Wildman–Crippen LogP) is 2.98. The van der Waals surface area contributed by atoms with Crippen molar-refractivity contribution in [2.75, 3.05) is 13.1 Å². The molecule has 2 heterocycles. The molecule has 2 aromatic rings. The van der Waals surface area contributed by atoms with E-state index >= 15 is 0 Å². The van der Waals surface area contributed by atoms with Crippen molar-refractivity contribution in [1.29, 1.82) is 0 Å². The number of hydrogen-bond donors (Lipinski definition) is 1. The maximum Gasteiger partial charge on any atom is 0.243 e. The zero-order chi connectivity index (χ0) is 19.4. The number of hydrogen-bond acceptors (Lipinski definition) is 5. The summed E-state index contributed by atoms with van der Waals surface area (Å²) in [5, 5.41) is 4.80. The number of rotatable bonds is 6. The van der Waals surface area contributed by atoms with E-state index < -0.39 is 10.0 Å². The molecule has 1 aliphatic rings. The van der Waals surface area contributed by atoms with Gasteiger partial charge in [-0.2, -0.15) is 4.31 Å². The third-order valence-corrected chi connectivity index (χ3v) is 7.48. The lowest BCUT2D eigenvalue weighted by atomic mass is 9.97. The van der Waals surface area contributed by atoms with Gasteiger partial charge in [0.15, 0.2) is 0 Å². The lowest BCUT2D eigenvalue weighted by Crippen LogP contribution is -2.42. The summed E-state index contributed by atoms with van der Waals surface area (Å²) in [5.41, 5.74) is 3.70. The Kier molecular flexibility index (Phi) is 6.29. The molecule has 8 heteroatoms. The van der Waals surface area contributed by atoms with Crippen LogP contribution in [0.5, 0.6) is 0 Å². The Morgan fingerprint density at radius 1 is 1.26 bits per heavy atom. The summed E-state index contributed by atoms with van der Waals surface area (Å²) < 4.78 is 27.2. The van der Waals surface area contributed by atoms with Gasteiger partial charge in [-0.05, 0) is 36.5 Å². The summed E-state index contributed by atoms with van der Waals surface area (Å²) >= 11 is 1.49. The average molecular weight is 408 g/mol. The lowest BCUT2D eigenvalue weighted by Gasteiger charge is -2.30.